The number of benzene rings is 2. The molecule has 0 spiro atoms. The van der Waals surface area contributed by atoms with Crippen molar-refractivity contribution in [2.45, 2.75) is 0 Å². The molecule has 0 heterocycles. The number of hydrogen-bond donors (Lipinski definition) is 1. The van der Waals surface area contributed by atoms with Crippen molar-refractivity contribution < 1.29 is 9.18 Å². The van der Waals surface area contributed by atoms with Crippen molar-refractivity contribution in [3.63, 3.8) is 0 Å². The molecule has 6 heteroatoms. The number of carbonyl (C=O) groups is 1. The third-order valence-electron chi connectivity index (χ3n) is 2.40. The van der Waals surface area contributed by atoms with Crippen molar-refractivity contribution in [3.05, 3.63) is 69.5 Å². The zero-order valence-electron chi connectivity index (χ0n) is 10.1. The smallest absolute Gasteiger partial charge is 0.267 e. The molecule has 0 fully saturated rings. The standard InChI is InChI=1S/C14H9Cl2FN2O/c15-10-4-5-12(13(16)7-10)14(20)19-18-8-9-2-1-3-11(17)6-9/h1-8H,(H,19,20)/b18-8+. The summed E-state index contributed by atoms with van der Waals surface area (Å²) in [6.07, 6.45) is 1.34. The summed E-state index contributed by atoms with van der Waals surface area (Å²) in [5.41, 5.74) is 3.10. The van der Waals surface area contributed by atoms with Gasteiger partial charge in [-0.1, -0.05) is 35.3 Å². The number of nitrogens with one attached hydrogen (secondary N) is 1. The highest BCUT2D eigenvalue weighted by Crippen LogP contribution is 2.20. The van der Waals surface area contributed by atoms with E-state index in [-0.39, 0.29) is 16.4 Å². The van der Waals surface area contributed by atoms with E-state index in [1.54, 1.807) is 18.2 Å². The summed E-state index contributed by atoms with van der Waals surface area (Å²) in [5, 5.41) is 4.41. The molecule has 0 bridgehead atoms. The molecule has 3 nitrogen and oxygen atoms in total. The number of halogens is 3. The van der Waals surface area contributed by atoms with Gasteiger partial charge in [-0.05, 0) is 35.9 Å². The normalized spacial score (nSPS) is 10.8. The Morgan fingerprint density at radius 3 is 2.70 bits per heavy atom. The van der Waals surface area contributed by atoms with Crippen LogP contribution in [-0.2, 0) is 0 Å². The maximum absolute atomic E-state index is 12.9. The average molecular weight is 311 g/mol. The Labute approximate surface area is 125 Å². The monoisotopic (exact) mass is 310 g/mol. The zero-order valence-corrected chi connectivity index (χ0v) is 11.6. The van der Waals surface area contributed by atoms with Crippen LogP contribution < -0.4 is 5.43 Å². The Balaban J connectivity index is 2.05. The molecule has 20 heavy (non-hydrogen) atoms. The Morgan fingerprint density at radius 1 is 1.20 bits per heavy atom. The number of rotatable bonds is 3. The molecule has 0 saturated heterocycles. The topological polar surface area (TPSA) is 41.5 Å². The number of carbonyl (C=O) groups excluding carboxylic acids is 1. The van der Waals surface area contributed by atoms with Crippen LogP contribution >= 0.6 is 23.2 Å². The van der Waals surface area contributed by atoms with Gasteiger partial charge in [0.25, 0.3) is 5.91 Å². The summed E-state index contributed by atoms with van der Waals surface area (Å²) in [7, 11) is 0. The van der Waals surface area contributed by atoms with Crippen LogP contribution in [0.4, 0.5) is 4.39 Å². The van der Waals surface area contributed by atoms with E-state index in [0.29, 0.717) is 10.6 Å². The van der Waals surface area contributed by atoms with Gasteiger partial charge in [0.15, 0.2) is 0 Å². The Kier molecular flexibility index (Phi) is 4.71. The van der Waals surface area contributed by atoms with Crippen LogP contribution in [0, 0.1) is 5.82 Å². The van der Waals surface area contributed by atoms with E-state index in [0.717, 1.165) is 0 Å². The number of amides is 1. The maximum atomic E-state index is 12.9. The van der Waals surface area contributed by atoms with Crippen molar-refractivity contribution in [2.24, 2.45) is 5.10 Å². The van der Waals surface area contributed by atoms with E-state index in [1.165, 1.54) is 30.5 Å². The predicted molar refractivity (Wildman–Crippen MR) is 77.9 cm³/mol. The summed E-state index contributed by atoms with van der Waals surface area (Å²) in [6, 6.07) is 10.3. The fraction of sp³-hybridized carbons (Fsp3) is 0. The van der Waals surface area contributed by atoms with Gasteiger partial charge in [-0.25, -0.2) is 9.82 Å². The molecule has 0 aromatic heterocycles. The summed E-state index contributed by atoms with van der Waals surface area (Å²) in [6.45, 7) is 0. The molecular weight excluding hydrogens is 302 g/mol. The largest absolute Gasteiger partial charge is 0.272 e. The van der Waals surface area contributed by atoms with E-state index in [2.05, 4.69) is 10.5 Å². The third kappa shape index (κ3) is 3.79. The van der Waals surface area contributed by atoms with E-state index >= 15 is 0 Å². The van der Waals surface area contributed by atoms with E-state index in [4.69, 9.17) is 23.2 Å². The Morgan fingerprint density at radius 2 is 2.00 bits per heavy atom. The lowest BCUT2D eigenvalue weighted by Crippen LogP contribution is -2.18. The van der Waals surface area contributed by atoms with Crippen LogP contribution in [0.1, 0.15) is 15.9 Å². The molecule has 1 N–H and O–H groups in total. The minimum absolute atomic E-state index is 0.232. The molecule has 0 aliphatic rings. The van der Waals surface area contributed by atoms with E-state index < -0.39 is 5.91 Å². The number of hydrogen-bond acceptors (Lipinski definition) is 2. The van der Waals surface area contributed by atoms with Gasteiger partial charge >= 0.3 is 0 Å². The van der Waals surface area contributed by atoms with Crippen LogP contribution in [0.3, 0.4) is 0 Å². The van der Waals surface area contributed by atoms with E-state index in [9.17, 15) is 9.18 Å². The highest BCUT2D eigenvalue weighted by atomic mass is 35.5. The second kappa shape index (κ2) is 6.50. The third-order valence-corrected chi connectivity index (χ3v) is 2.95. The van der Waals surface area contributed by atoms with Crippen LogP contribution in [0.25, 0.3) is 0 Å². The maximum Gasteiger partial charge on any atom is 0.272 e. The Hall–Kier alpha value is -1.91. The molecule has 2 aromatic rings. The molecule has 0 atom stereocenters. The first-order chi connectivity index (χ1) is 9.56. The molecule has 1 amide bonds. The van der Waals surface area contributed by atoms with E-state index in [1.807, 2.05) is 0 Å². The van der Waals surface area contributed by atoms with Gasteiger partial charge in [-0.15, -0.1) is 0 Å². The minimum atomic E-state index is -0.473. The molecule has 0 aliphatic heterocycles. The van der Waals surface area contributed by atoms with Crippen molar-refractivity contribution in [1.82, 2.24) is 5.43 Å². The second-order valence-electron chi connectivity index (χ2n) is 3.88. The first-order valence-corrected chi connectivity index (χ1v) is 6.36. The van der Waals surface area contributed by atoms with Gasteiger partial charge in [-0.3, -0.25) is 4.79 Å². The van der Waals surface area contributed by atoms with Crippen molar-refractivity contribution in [3.8, 4) is 0 Å². The minimum Gasteiger partial charge on any atom is -0.267 e. The van der Waals surface area contributed by atoms with Crippen molar-refractivity contribution in [1.29, 1.82) is 0 Å². The van der Waals surface area contributed by atoms with Crippen LogP contribution in [0.5, 0.6) is 0 Å². The lowest BCUT2D eigenvalue weighted by Gasteiger charge is -2.02. The summed E-state index contributed by atoms with van der Waals surface area (Å²) < 4.78 is 12.9. The fourth-order valence-electron chi connectivity index (χ4n) is 1.49. The van der Waals surface area contributed by atoms with Crippen molar-refractivity contribution in [2.75, 3.05) is 0 Å². The molecule has 0 radical (unpaired) electrons. The molecule has 2 rings (SSSR count). The molecule has 0 saturated carbocycles. The molecule has 2 aromatic carbocycles. The summed E-state index contributed by atoms with van der Waals surface area (Å²) >= 11 is 11.6. The first kappa shape index (κ1) is 14.5. The average Bonchev–Trinajstić information content (AvgIpc) is 2.38. The number of hydrazone groups is 1. The van der Waals surface area contributed by atoms with Gasteiger partial charge in [0.2, 0.25) is 0 Å². The van der Waals surface area contributed by atoms with Crippen molar-refractivity contribution >= 4 is 35.3 Å². The zero-order chi connectivity index (χ0) is 14.5. The van der Waals surface area contributed by atoms with Gasteiger partial charge in [0.05, 0.1) is 16.8 Å². The summed E-state index contributed by atoms with van der Waals surface area (Å²) in [5.74, 6) is -0.847. The van der Waals surface area contributed by atoms with Gasteiger partial charge in [0.1, 0.15) is 5.82 Å². The van der Waals surface area contributed by atoms with Crippen LogP contribution in [0.2, 0.25) is 10.0 Å². The number of nitrogens with zero attached hydrogens (tertiary/aromatic N) is 1. The predicted octanol–water partition coefficient (Wildman–Crippen LogP) is 3.90. The molecule has 102 valence electrons. The summed E-state index contributed by atoms with van der Waals surface area (Å²) in [4.78, 5) is 11.8. The quantitative estimate of drug-likeness (QED) is 0.678. The molecule has 0 aliphatic carbocycles. The lowest BCUT2D eigenvalue weighted by atomic mass is 10.2. The van der Waals surface area contributed by atoms with Crippen LogP contribution in [0.15, 0.2) is 47.6 Å². The lowest BCUT2D eigenvalue weighted by molar-refractivity contribution is 0.0955. The first-order valence-electron chi connectivity index (χ1n) is 5.60. The SMILES string of the molecule is O=C(N/N=C/c1cccc(F)c1)c1ccc(Cl)cc1Cl. The van der Waals surface area contributed by atoms with Gasteiger partial charge in [-0.2, -0.15) is 5.10 Å². The molecular formula is C14H9Cl2FN2O. The Bertz CT molecular complexity index is 674. The highest BCUT2D eigenvalue weighted by molar-refractivity contribution is 6.36. The highest BCUT2D eigenvalue weighted by Gasteiger charge is 2.09. The van der Waals surface area contributed by atoms with Gasteiger partial charge < -0.3 is 0 Å². The van der Waals surface area contributed by atoms with Crippen LogP contribution in [-0.4, -0.2) is 12.1 Å². The fourth-order valence-corrected chi connectivity index (χ4v) is 1.98. The second-order valence-corrected chi connectivity index (χ2v) is 4.72. The van der Waals surface area contributed by atoms with Gasteiger partial charge in [0, 0.05) is 5.02 Å². The molecule has 0 unspecified atom stereocenters.